The molecule has 3 atom stereocenters. The highest BCUT2D eigenvalue weighted by atomic mass is 35.5. The van der Waals surface area contributed by atoms with Crippen molar-refractivity contribution in [1.29, 1.82) is 0 Å². The zero-order chi connectivity index (χ0) is 8.97. The van der Waals surface area contributed by atoms with Crippen LogP contribution in [0, 0.1) is 11.8 Å². The van der Waals surface area contributed by atoms with Gasteiger partial charge in [0.2, 0.25) is 0 Å². The SMILES string of the molecule is CCCCC1CCC(Cl)CC1C. The lowest BCUT2D eigenvalue weighted by Crippen LogP contribution is -2.22. The highest BCUT2D eigenvalue weighted by molar-refractivity contribution is 6.20. The first-order valence-electron chi connectivity index (χ1n) is 5.38. The molecule has 0 aromatic heterocycles. The monoisotopic (exact) mass is 188 g/mol. The molecule has 1 aliphatic rings. The van der Waals surface area contributed by atoms with Gasteiger partial charge in [-0.3, -0.25) is 0 Å². The molecule has 0 aromatic rings. The van der Waals surface area contributed by atoms with E-state index >= 15 is 0 Å². The van der Waals surface area contributed by atoms with E-state index in [1.165, 1.54) is 38.5 Å². The van der Waals surface area contributed by atoms with Crippen LogP contribution in [0.15, 0.2) is 0 Å². The van der Waals surface area contributed by atoms with Crippen LogP contribution >= 0.6 is 11.6 Å². The summed E-state index contributed by atoms with van der Waals surface area (Å²) in [5.74, 6) is 1.84. The molecule has 1 aliphatic carbocycles. The van der Waals surface area contributed by atoms with Gasteiger partial charge in [-0.05, 0) is 31.1 Å². The number of alkyl halides is 1. The summed E-state index contributed by atoms with van der Waals surface area (Å²) in [4.78, 5) is 0. The third-order valence-electron chi connectivity index (χ3n) is 3.21. The van der Waals surface area contributed by atoms with E-state index in [1.54, 1.807) is 0 Å². The van der Waals surface area contributed by atoms with Crippen LogP contribution in [0.1, 0.15) is 52.4 Å². The average Bonchev–Trinajstić information content (AvgIpc) is 2.03. The van der Waals surface area contributed by atoms with Crippen molar-refractivity contribution in [3.63, 3.8) is 0 Å². The van der Waals surface area contributed by atoms with E-state index in [0.29, 0.717) is 5.38 Å². The zero-order valence-corrected chi connectivity index (χ0v) is 9.11. The summed E-state index contributed by atoms with van der Waals surface area (Å²) < 4.78 is 0. The molecule has 0 N–H and O–H groups in total. The fourth-order valence-corrected chi connectivity index (χ4v) is 2.70. The Bertz CT molecular complexity index is 120. The molecule has 0 aromatic carbocycles. The van der Waals surface area contributed by atoms with E-state index in [4.69, 9.17) is 11.6 Å². The van der Waals surface area contributed by atoms with Crippen LogP contribution in [0.5, 0.6) is 0 Å². The van der Waals surface area contributed by atoms with Crippen molar-refractivity contribution >= 4 is 11.6 Å². The van der Waals surface area contributed by atoms with Gasteiger partial charge < -0.3 is 0 Å². The van der Waals surface area contributed by atoms with E-state index in [-0.39, 0.29) is 0 Å². The molecule has 72 valence electrons. The average molecular weight is 189 g/mol. The van der Waals surface area contributed by atoms with Crippen LogP contribution in [-0.4, -0.2) is 5.38 Å². The molecule has 0 aliphatic heterocycles. The van der Waals surface area contributed by atoms with Crippen molar-refractivity contribution in [3.05, 3.63) is 0 Å². The van der Waals surface area contributed by atoms with Crippen molar-refractivity contribution < 1.29 is 0 Å². The van der Waals surface area contributed by atoms with Gasteiger partial charge in [0.05, 0.1) is 0 Å². The first-order valence-corrected chi connectivity index (χ1v) is 5.81. The molecule has 1 fully saturated rings. The maximum absolute atomic E-state index is 6.11. The lowest BCUT2D eigenvalue weighted by molar-refractivity contribution is 0.241. The molecule has 0 bridgehead atoms. The minimum atomic E-state index is 0.470. The maximum atomic E-state index is 6.11. The Hall–Kier alpha value is 0.290. The topological polar surface area (TPSA) is 0 Å². The van der Waals surface area contributed by atoms with Crippen LogP contribution in [-0.2, 0) is 0 Å². The highest BCUT2D eigenvalue weighted by Crippen LogP contribution is 2.35. The molecule has 0 nitrogen and oxygen atoms in total. The molecular formula is C11H21Cl. The molecular weight excluding hydrogens is 168 g/mol. The van der Waals surface area contributed by atoms with Gasteiger partial charge in [0.25, 0.3) is 0 Å². The van der Waals surface area contributed by atoms with Gasteiger partial charge in [-0.15, -0.1) is 11.6 Å². The first-order chi connectivity index (χ1) is 5.74. The Morgan fingerprint density at radius 3 is 2.67 bits per heavy atom. The lowest BCUT2D eigenvalue weighted by atomic mass is 9.78. The van der Waals surface area contributed by atoms with Crippen molar-refractivity contribution in [2.24, 2.45) is 11.8 Å². The predicted octanol–water partition coefficient (Wildman–Crippen LogP) is 4.22. The van der Waals surface area contributed by atoms with Crippen LogP contribution in [0.3, 0.4) is 0 Å². The van der Waals surface area contributed by atoms with Crippen molar-refractivity contribution in [1.82, 2.24) is 0 Å². The smallest absolute Gasteiger partial charge is 0.0338 e. The largest absolute Gasteiger partial charge is 0.123 e. The van der Waals surface area contributed by atoms with E-state index in [1.807, 2.05) is 0 Å². The van der Waals surface area contributed by atoms with E-state index in [2.05, 4.69) is 13.8 Å². The molecule has 0 radical (unpaired) electrons. The lowest BCUT2D eigenvalue weighted by Gasteiger charge is -2.31. The Morgan fingerprint density at radius 2 is 2.08 bits per heavy atom. The zero-order valence-electron chi connectivity index (χ0n) is 8.35. The van der Waals surface area contributed by atoms with Crippen LogP contribution in [0.4, 0.5) is 0 Å². The van der Waals surface area contributed by atoms with Crippen molar-refractivity contribution in [2.75, 3.05) is 0 Å². The molecule has 1 heteroatoms. The van der Waals surface area contributed by atoms with Crippen molar-refractivity contribution in [3.8, 4) is 0 Å². The Morgan fingerprint density at radius 1 is 1.33 bits per heavy atom. The van der Waals surface area contributed by atoms with E-state index in [9.17, 15) is 0 Å². The second-order valence-corrected chi connectivity index (χ2v) is 4.91. The molecule has 0 heterocycles. The van der Waals surface area contributed by atoms with Gasteiger partial charge in [-0.2, -0.15) is 0 Å². The third-order valence-corrected chi connectivity index (χ3v) is 3.61. The van der Waals surface area contributed by atoms with Gasteiger partial charge in [-0.1, -0.05) is 33.1 Å². The van der Waals surface area contributed by atoms with Crippen LogP contribution in [0.2, 0.25) is 0 Å². The second kappa shape index (κ2) is 5.11. The quantitative estimate of drug-likeness (QED) is 0.582. The summed E-state index contributed by atoms with van der Waals surface area (Å²) >= 11 is 6.11. The number of halogens is 1. The summed E-state index contributed by atoms with van der Waals surface area (Å²) in [6.07, 6.45) is 8.04. The van der Waals surface area contributed by atoms with E-state index in [0.717, 1.165) is 11.8 Å². The highest BCUT2D eigenvalue weighted by Gasteiger charge is 2.25. The van der Waals surface area contributed by atoms with Gasteiger partial charge in [0.1, 0.15) is 0 Å². The number of unbranched alkanes of at least 4 members (excludes halogenated alkanes) is 1. The third kappa shape index (κ3) is 2.97. The maximum Gasteiger partial charge on any atom is 0.0338 e. The van der Waals surface area contributed by atoms with Gasteiger partial charge in [-0.25, -0.2) is 0 Å². The summed E-state index contributed by atoms with van der Waals surface area (Å²) in [6.45, 7) is 4.65. The van der Waals surface area contributed by atoms with Crippen LogP contribution < -0.4 is 0 Å². The second-order valence-electron chi connectivity index (χ2n) is 4.29. The normalized spacial score (nSPS) is 36.8. The molecule has 1 rings (SSSR count). The van der Waals surface area contributed by atoms with E-state index < -0.39 is 0 Å². The standard InChI is InChI=1S/C11H21Cl/c1-3-4-5-10-6-7-11(12)8-9(10)2/h9-11H,3-8H2,1-2H3. The predicted molar refractivity (Wildman–Crippen MR) is 55.7 cm³/mol. The minimum absolute atomic E-state index is 0.470. The molecule has 0 saturated heterocycles. The molecule has 0 spiro atoms. The summed E-state index contributed by atoms with van der Waals surface area (Å²) in [5, 5.41) is 0.470. The van der Waals surface area contributed by atoms with Gasteiger partial charge >= 0.3 is 0 Å². The molecule has 1 saturated carbocycles. The Kier molecular flexibility index (Phi) is 4.42. The summed E-state index contributed by atoms with van der Waals surface area (Å²) in [5.41, 5.74) is 0. The first kappa shape index (κ1) is 10.4. The van der Waals surface area contributed by atoms with Crippen LogP contribution in [0.25, 0.3) is 0 Å². The number of rotatable bonds is 3. The molecule has 0 amide bonds. The fourth-order valence-electron chi connectivity index (χ4n) is 2.29. The molecule has 3 unspecified atom stereocenters. The number of hydrogen-bond donors (Lipinski definition) is 0. The summed E-state index contributed by atoms with van der Waals surface area (Å²) in [7, 11) is 0. The number of hydrogen-bond acceptors (Lipinski definition) is 0. The van der Waals surface area contributed by atoms with Crippen molar-refractivity contribution in [2.45, 2.75) is 57.7 Å². The Labute approximate surface area is 81.7 Å². The fraction of sp³-hybridized carbons (Fsp3) is 1.00. The Balaban J connectivity index is 2.25. The summed E-state index contributed by atoms with van der Waals surface area (Å²) in [6, 6.07) is 0. The van der Waals surface area contributed by atoms with Gasteiger partial charge in [0, 0.05) is 5.38 Å². The minimum Gasteiger partial charge on any atom is -0.123 e. The van der Waals surface area contributed by atoms with Gasteiger partial charge in [0.15, 0.2) is 0 Å². The molecule has 12 heavy (non-hydrogen) atoms.